The minimum atomic E-state index is -1.41. The summed E-state index contributed by atoms with van der Waals surface area (Å²) in [6.45, 7) is 6.24. The van der Waals surface area contributed by atoms with Crippen LogP contribution in [0.5, 0.6) is 5.75 Å². The van der Waals surface area contributed by atoms with Crippen LogP contribution in [0.3, 0.4) is 0 Å². The number of nitrogens with one attached hydrogen (secondary N) is 5. The van der Waals surface area contributed by atoms with Gasteiger partial charge in [0.15, 0.2) is 0 Å². The van der Waals surface area contributed by atoms with Crippen molar-refractivity contribution in [3.63, 3.8) is 0 Å². The van der Waals surface area contributed by atoms with Crippen molar-refractivity contribution in [3.8, 4) is 5.75 Å². The first-order chi connectivity index (χ1) is 23.5. The largest absolute Gasteiger partial charge is 0.508 e. The van der Waals surface area contributed by atoms with Crippen molar-refractivity contribution >= 4 is 47.1 Å². The molecule has 0 aliphatic heterocycles. The van der Waals surface area contributed by atoms with Gasteiger partial charge < -0.3 is 37.0 Å². The second kappa shape index (κ2) is 21.8. The van der Waals surface area contributed by atoms with Gasteiger partial charge >= 0.3 is 0 Å². The van der Waals surface area contributed by atoms with E-state index >= 15 is 0 Å². The van der Waals surface area contributed by atoms with Crippen molar-refractivity contribution in [2.24, 2.45) is 17.5 Å². The standard InChI is InChI=1S/C33H52N8O9/c1-6-8-9-27(45)36-18-28(46)37-25(17-21-10-12-22(43)13-11-21)33(50)41(5)29(19(3)7-2)32(49)38-23(14-15-26(34)44)30(47)39-24(16-20(4)42)31(48)40-35/h10-13,19,23-25,29,43H,6-9,14-18,35H2,1-5H3,(H2,34,44)(H,36,45)(H,37,46)(H,38,49)(H,39,47)(H,40,48)/t19-,23-,24-,25-,29?/m0/s1. The lowest BCUT2D eigenvalue weighted by molar-refractivity contribution is -0.144. The van der Waals surface area contributed by atoms with Crippen LogP contribution in [0, 0.1) is 5.92 Å². The monoisotopic (exact) mass is 704 g/mol. The Morgan fingerprint density at radius 3 is 2.00 bits per heavy atom. The first-order valence-electron chi connectivity index (χ1n) is 16.5. The van der Waals surface area contributed by atoms with E-state index in [9.17, 15) is 43.5 Å². The van der Waals surface area contributed by atoms with E-state index in [4.69, 9.17) is 11.6 Å². The molecule has 0 radical (unpaired) electrons. The highest BCUT2D eigenvalue weighted by Gasteiger charge is 2.37. The summed E-state index contributed by atoms with van der Waals surface area (Å²) in [5, 5.41) is 19.8. The van der Waals surface area contributed by atoms with Gasteiger partial charge in [0.2, 0.25) is 35.4 Å². The molecule has 10 N–H and O–H groups in total. The lowest BCUT2D eigenvalue weighted by Crippen LogP contribution is -2.60. The normalized spacial score (nSPS) is 13.7. The highest BCUT2D eigenvalue weighted by Crippen LogP contribution is 2.18. The summed E-state index contributed by atoms with van der Waals surface area (Å²) >= 11 is 0. The van der Waals surface area contributed by atoms with Crippen LogP contribution in [0.2, 0.25) is 0 Å². The van der Waals surface area contributed by atoms with Gasteiger partial charge in [-0.05, 0) is 43.4 Å². The van der Waals surface area contributed by atoms with E-state index in [0.717, 1.165) is 11.3 Å². The number of hydrogen-bond acceptors (Lipinski definition) is 10. The number of nitrogens with two attached hydrogens (primary N) is 2. The van der Waals surface area contributed by atoms with Crippen LogP contribution >= 0.6 is 0 Å². The van der Waals surface area contributed by atoms with E-state index in [1.54, 1.807) is 26.0 Å². The molecule has 0 aromatic heterocycles. The first-order valence-corrected chi connectivity index (χ1v) is 16.5. The van der Waals surface area contributed by atoms with Crippen LogP contribution < -0.4 is 38.3 Å². The van der Waals surface area contributed by atoms with Gasteiger partial charge in [0.25, 0.3) is 5.91 Å². The molecule has 0 bridgehead atoms. The van der Waals surface area contributed by atoms with Crippen molar-refractivity contribution < 1.29 is 43.5 Å². The molecule has 1 aromatic carbocycles. The van der Waals surface area contributed by atoms with Crippen molar-refractivity contribution in [1.29, 1.82) is 0 Å². The number of primary amides is 1. The van der Waals surface area contributed by atoms with E-state index in [1.165, 1.54) is 26.1 Å². The third-order valence-corrected chi connectivity index (χ3v) is 8.01. The summed E-state index contributed by atoms with van der Waals surface area (Å²) in [7, 11) is 1.37. The Labute approximate surface area is 292 Å². The van der Waals surface area contributed by atoms with Crippen LogP contribution in [-0.4, -0.2) is 94.9 Å². The Kier molecular flexibility index (Phi) is 18.7. The van der Waals surface area contributed by atoms with Gasteiger partial charge in [-0.15, -0.1) is 0 Å². The smallest absolute Gasteiger partial charge is 0.256 e. The van der Waals surface area contributed by atoms with Crippen molar-refractivity contribution in [3.05, 3.63) is 29.8 Å². The summed E-state index contributed by atoms with van der Waals surface area (Å²) in [4.78, 5) is 103. The maximum absolute atomic E-state index is 14.1. The van der Waals surface area contributed by atoms with E-state index in [0.29, 0.717) is 18.4 Å². The van der Waals surface area contributed by atoms with Crippen LogP contribution in [0.1, 0.15) is 78.2 Å². The fourth-order valence-electron chi connectivity index (χ4n) is 5.02. The average molecular weight is 705 g/mol. The molecule has 0 heterocycles. The van der Waals surface area contributed by atoms with Gasteiger partial charge in [-0.3, -0.25) is 43.8 Å². The zero-order valence-electron chi connectivity index (χ0n) is 29.4. The second-order valence-corrected chi connectivity index (χ2v) is 12.2. The summed E-state index contributed by atoms with van der Waals surface area (Å²) in [6.07, 6.45) is 1.07. The number of carbonyl (C=O) groups excluding carboxylic acids is 8. The fourth-order valence-corrected chi connectivity index (χ4v) is 5.02. The number of phenols is 1. The third-order valence-electron chi connectivity index (χ3n) is 8.01. The number of carbonyl (C=O) groups is 8. The van der Waals surface area contributed by atoms with Crippen LogP contribution in [0.25, 0.3) is 0 Å². The highest BCUT2D eigenvalue weighted by atomic mass is 16.3. The minimum absolute atomic E-state index is 0.00715. The number of hydrazine groups is 1. The molecule has 1 unspecified atom stereocenters. The lowest BCUT2D eigenvalue weighted by Gasteiger charge is -2.35. The number of phenolic OH excluding ortho intramolecular Hbond substituents is 1. The average Bonchev–Trinajstić information content (AvgIpc) is 3.07. The Bertz CT molecular complexity index is 1350. The predicted octanol–water partition coefficient (Wildman–Crippen LogP) is -1.20. The third kappa shape index (κ3) is 15.0. The molecule has 5 atom stereocenters. The number of aromatic hydroxyl groups is 1. The van der Waals surface area contributed by atoms with E-state index in [2.05, 4.69) is 21.3 Å². The SMILES string of the molecule is CCCCC(=O)NCC(=O)N[C@@H](Cc1ccc(O)cc1)C(=O)N(C)C(C(=O)N[C@@H](CCC(N)=O)C(=O)N[C@@H](CC(C)=O)C(=O)NN)[C@@H](C)CC. The maximum atomic E-state index is 14.1. The molecule has 0 spiro atoms. The maximum Gasteiger partial charge on any atom is 0.256 e. The van der Waals surface area contributed by atoms with E-state index in [1.807, 2.05) is 12.3 Å². The molecule has 17 nitrogen and oxygen atoms in total. The molecule has 0 aliphatic carbocycles. The van der Waals surface area contributed by atoms with Crippen molar-refractivity contribution in [2.75, 3.05) is 13.6 Å². The first kappa shape index (κ1) is 43.0. The summed E-state index contributed by atoms with van der Waals surface area (Å²) in [5.74, 6) is -0.650. The minimum Gasteiger partial charge on any atom is -0.508 e. The number of rotatable bonds is 22. The summed E-state index contributed by atoms with van der Waals surface area (Å²) < 4.78 is 0. The quantitative estimate of drug-likeness (QED) is 0.0406. The van der Waals surface area contributed by atoms with Crippen LogP contribution in [0.15, 0.2) is 24.3 Å². The molecule has 7 amide bonds. The van der Waals surface area contributed by atoms with E-state index in [-0.39, 0.29) is 43.9 Å². The molecule has 0 aliphatic rings. The van der Waals surface area contributed by atoms with Crippen molar-refractivity contribution in [2.45, 2.75) is 103 Å². The lowest BCUT2D eigenvalue weighted by atomic mass is 9.95. The van der Waals surface area contributed by atoms with Gasteiger partial charge in [-0.1, -0.05) is 45.7 Å². The molecule has 0 saturated heterocycles. The Balaban J connectivity index is 3.37. The van der Waals surface area contributed by atoms with Gasteiger partial charge in [0, 0.05) is 32.7 Å². The van der Waals surface area contributed by atoms with Crippen molar-refractivity contribution in [1.82, 2.24) is 31.6 Å². The Hall–Kier alpha value is -5.06. The molecule has 17 heteroatoms. The second-order valence-electron chi connectivity index (χ2n) is 12.2. The molecular formula is C33H52N8O9. The molecular weight excluding hydrogens is 652 g/mol. The number of likely N-dealkylation sites (N-methyl/N-ethyl adjacent to an activating group) is 1. The molecule has 0 saturated carbocycles. The Morgan fingerprint density at radius 2 is 1.46 bits per heavy atom. The molecule has 1 aromatic rings. The fraction of sp³-hybridized carbons (Fsp3) is 0.576. The number of unbranched alkanes of at least 4 members (excludes halogenated alkanes) is 1. The predicted molar refractivity (Wildman–Crippen MR) is 182 cm³/mol. The number of hydrogen-bond donors (Lipinski definition) is 8. The molecule has 50 heavy (non-hydrogen) atoms. The van der Waals surface area contributed by atoms with Gasteiger partial charge in [0.05, 0.1) is 6.54 Å². The number of ketones is 1. The van der Waals surface area contributed by atoms with Crippen LogP contribution in [0.4, 0.5) is 0 Å². The van der Waals surface area contributed by atoms with Gasteiger partial charge in [-0.25, -0.2) is 5.84 Å². The highest BCUT2D eigenvalue weighted by molar-refractivity contribution is 5.97. The van der Waals surface area contributed by atoms with E-state index < -0.39 is 77.7 Å². The topological polar surface area (TPSA) is 272 Å². The zero-order valence-corrected chi connectivity index (χ0v) is 29.4. The number of Topliss-reactive ketones (excluding diaryl/α,β-unsaturated/α-hetero) is 1. The Morgan fingerprint density at radius 1 is 0.840 bits per heavy atom. The summed E-state index contributed by atoms with van der Waals surface area (Å²) in [5.41, 5.74) is 7.74. The summed E-state index contributed by atoms with van der Waals surface area (Å²) in [6, 6.07) is 0.799. The zero-order chi connectivity index (χ0) is 38.0. The van der Waals surface area contributed by atoms with Crippen LogP contribution in [-0.2, 0) is 44.8 Å². The molecule has 1 rings (SSSR count). The molecule has 278 valence electrons. The van der Waals surface area contributed by atoms with Gasteiger partial charge in [0.1, 0.15) is 35.7 Å². The number of nitrogens with zero attached hydrogens (tertiary/aromatic N) is 1. The number of benzene rings is 1. The molecule has 0 fully saturated rings. The number of amides is 7. The van der Waals surface area contributed by atoms with Gasteiger partial charge in [-0.2, -0.15) is 0 Å².